The van der Waals surface area contributed by atoms with Crippen molar-refractivity contribution in [2.24, 2.45) is 0 Å². The number of carbonyl (C=O) groups excluding carboxylic acids is 1. The van der Waals surface area contributed by atoms with E-state index in [2.05, 4.69) is 0 Å². The molecule has 0 saturated carbocycles. The molecular formula is C20H24N2O4. The Morgan fingerprint density at radius 2 is 1.88 bits per heavy atom. The van der Waals surface area contributed by atoms with E-state index >= 15 is 0 Å². The van der Waals surface area contributed by atoms with Crippen LogP contribution < -0.4 is 0 Å². The molecule has 2 heterocycles. The number of methoxy groups -OCH3 is 1. The third-order valence-electron chi connectivity index (χ3n) is 5.16. The molecule has 1 aromatic carbocycles. The van der Waals surface area contributed by atoms with Gasteiger partial charge in [-0.25, -0.2) is 4.79 Å². The molecule has 2 unspecified atom stereocenters. The van der Waals surface area contributed by atoms with Gasteiger partial charge in [0.2, 0.25) is 0 Å². The van der Waals surface area contributed by atoms with Crippen LogP contribution in [0.25, 0.3) is 5.69 Å². The van der Waals surface area contributed by atoms with Gasteiger partial charge in [0.15, 0.2) is 0 Å². The Morgan fingerprint density at radius 1 is 1.19 bits per heavy atom. The average Bonchev–Trinajstić information content (AvgIpc) is 3.17. The van der Waals surface area contributed by atoms with E-state index in [0.717, 1.165) is 22.6 Å². The Hall–Kier alpha value is -2.60. The molecule has 2 aromatic rings. The summed E-state index contributed by atoms with van der Waals surface area (Å²) in [5, 5.41) is 9.48. The van der Waals surface area contributed by atoms with Gasteiger partial charge in [-0.15, -0.1) is 0 Å². The molecule has 1 aliphatic rings. The SMILES string of the molecule is COC1CC(C(=O)O)N(C(=O)c2cc(C)n(-c3ccccc3C)c2C)C1. The number of nitrogens with zero attached hydrogens (tertiary/aromatic N) is 2. The lowest BCUT2D eigenvalue weighted by atomic mass is 10.1. The fourth-order valence-corrected chi connectivity index (χ4v) is 3.75. The quantitative estimate of drug-likeness (QED) is 0.914. The summed E-state index contributed by atoms with van der Waals surface area (Å²) in [7, 11) is 1.54. The number of hydrogen-bond donors (Lipinski definition) is 1. The zero-order valence-corrected chi connectivity index (χ0v) is 15.5. The molecule has 1 aromatic heterocycles. The number of hydrogen-bond acceptors (Lipinski definition) is 3. The van der Waals surface area contributed by atoms with Crippen molar-refractivity contribution >= 4 is 11.9 Å². The molecule has 0 radical (unpaired) electrons. The number of likely N-dealkylation sites (tertiary alicyclic amines) is 1. The summed E-state index contributed by atoms with van der Waals surface area (Å²) in [6.45, 7) is 6.17. The van der Waals surface area contributed by atoms with Crippen LogP contribution in [0.4, 0.5) is 0 Å². The molecule has 6 nitrogen and oxygen atoms in total. The molecule has 1 amide bonds. The molecular weight excluding hydrogens is 332 g/mol. The minimum atomic E-state index is -0.995. The van der Waals surface area contributed by atoms with Gasteiger partial charge in [0.25, 0.3) is 5.91 Å². The summed E-state index contributed by atoms with van der Waals surface area (Å²) in [4.78, 5) is 26.1. The molecule has 6 heteroatoms. The van der Waals surface area contributed by atoms with Crippen LogP contribution in [0.15, 0.2) is 30.3 Å². The molecule has 26 heavy (non-hydrogen) atoms. The number of carboxylic acids is 1. The van der Waals surface area contributed by atoms with Gasteiger partial charge in [-0.2, -0.15) is 0 Å². The van der Waals surface area contributed by atoms with Crippen molar-refractivity contribution in [2.45, 2.75) is 39.3 Å². The van der Waals surface area contributed by atoms with Gasteiger partial charge in [-0.3, -0.25) is 4.79 Å². The topological polar surface area (TPSA) is 71.8 Å². The average molecular weight is 356 g/mol. The van der Waals surface area contributed by atoms with E-state index < -0.39 is 12.0 Å². The van der Waals surface area contributed by atoms with Gasteiger partial charge < -0.3 is 19.3 Å². The van der Waals surface area contributed by atoms with E-state index in [1.807, 2.05) is 55.7 Å². The molecule has 1 saturated heterocycles. The van der Waals surface area contributed by atoms with E-state index in [0.29, 0.717) is 18.5 Å². The number of aryl methyl sites for hydroxylation is 2. The predicted octanol–water partition coefficient (Wildman–Crippen LogP) is 2.72. The van der Waals surface area contributed by atoms with Crippen molar-refractivity contribution in [1.29, 1.82) is 0 Å². The zero-order valence-electron chi connectivity index (χ0n) is 15.5. The van der Waals surface area contributed by atoms with Crippen LogP contribution >= 0.6 is 0 Å². The van der Waals surface area contributed by atoms with E-state index in [9.17, 15) is 14.7 Å². The summed E-state index contributed by atoms with van der Waals surface area (Å²) >= 11 is 0. The number of para-hydroxylation sites is 1. The highest BCUT2D eigenvalue weighted by atomic mass is 16.5. The van der Waals surface area contributed by atoms with Gasteiger partial charge >= 0.3 is 5.97 Å². The summed E-state index contributed by atoms with van der Waals surface area (Å²) < 4.78 is 7.33. The lowest BCUT2D eigenvalue weighted by Gasteiger charge is -2.21. The van der Waals surface area contributed by atoms with Crippen molar-refractivity contribution in [3.63, 3.8) is 0 Å². The van der Waals surface area contributed by atoms with Crippen molar-refractivity contribution < 1.29 is 19.4 Å². The van der Waals surface area contributed by atoms with Gasteiger partial charge in [0.1, 0.15) is 6.04 Å². The van der Waals surface area contributed by atoms with E-state index in [4.69, 9.17) is 4.74 Å². The first-order chi connectivity index (χ1) is 12.3. The molecule has 1 N–H and O–H groups in total. The fourth-order valence-electron chi connectivity index (χ4n) is 3.75. The van der Waals surface area contributed by atoms with Gasteiger partial charge in [0.05, 0.1) is 11.7 Å². The first-order valence-electron chi connectivity index (χ1n) is 8.66. The Morgan fingerprint density at radius 3 is 2.50 bits per heavy atom. The first kappa shape index (κ1) is 18.2. The Bertz CT molecular complexity index is 855. The predicted molar refractivity (Wildman–Crippen MR) is 97.9 cm³/mol. The standard InChI is InChI=1S/C20H24N2O4/c1-12-7-5-6-8-17(12)22-13(2)9-16(14(22)3)19(23)21-11-15(26-4)10-18(21)20(24)25/h5-9,15,18H,10-11H2,1-4H3,(H,24,25). The van der Waals surface area contributed by atoms with Crippen LogP contribution in [-0.4, -0.2) is 52.3 Å². The number of carboxylic acid groups (broad SMARTS) is 1. The largest absolute Gasteiger partial charge is 0.480 e. The maximum Gasteiger partial charge on any atom is 0.326 e. The van der Waals surface area contributed by atoms with E-state index in [-0.39, 0.29) is 12.0 Å². The van der Waals surface area contributed by atoms with Crippen LogP contribution in [0.2, 0.25) is 0 Å². The third kappa shape index (κ3) is 3.01. The number of amides is 1. The highest BCUT2D eigenvalue weighted by molar-refractivity contribution is 5.98. The van der Waals surface area contributed by atoms with Crippen LogP contribution in [-0.2, 0) is 9.53 Å². The second-order valence-corrected chi connectivity index (χ2v) is 6.81. The fraction of sp³-hybridized carbons (Fsp3) is 0.400. The van der Waals surface area contributed by atoms with E-state index in [1.54, 1.807) is 7.11 Å². The highest BCUT2D eigenvalue weighted by Crippen LogP contribution is 2.27. The molecule has 138 valence electrons. The number of aromatic nitrogens is 1. The minimum Gasteiger partial charge on any atom is -0.480 e. The second-order valence-electron chi connectivity index (χ2n) is 6.81. The lowest BCUT2D eigenvalue weighted by molar-refractivity contribution is -0.141. The highest BCUT2D eigenvalue weighted by Gasteiger charge is 2.40. The summed E-state index contributed by atoms with van der Waals surface area (Å²) in [5.41, 5.74) is 4.42. The molecule has 0 bridgehead atoms. The van der Waals surface area contributed by atoms with Gasteiger partial charge in [-0.05, 0) is 38.5 Å². The lowest BCUT2D eigenvalue weighted by Crippen LogP contribution is -2.40. The molecule has 1 aliphatic heterocycles. The maximum absolute atomic E-state index is 13.1. The Labute approximate surface area is 153 Å². The Kier molecular flexibility index (Phi) is 4.87. The third-order valence-corrected chi connectivity index (χ3v) is 5.16. The Balaban J connectivity index is 2.00. The second kappa shape index (κ2) is 6.96. The summed E-state index contributed by atoms with van der Waals surface area (Å²) in [6.07, 6.45) is 0.0635. The first-order valence-corrected chi connectivity index (χ1v) is 8.66. The van der Waals surface area contributed by atoms with Crippen molar-refractivity contribution in [3.05, 3.63) is 52.8 Å². The summed E-state index contributed by atoms with van der Waals surface area (Å²) in [6, 6.07) is 8.97. The molecule has 3 rings (SSSR count). The number of carbonyl (C=O) groups is 2. The molecule has 2 atom stereocenters. The normalized spacial score (nSPS) is 19.8. The zero-order chi connectivity index (χ0) is 19.0. The summed E-state index contributed by atoms with van der Waals surface area (Å²) in [5.74, 6) is -1.25. The van der Waals surface area contributed by atoms with Gasteiger partial charge in [-0.1, -0.05) is 18.2 Å². The van der Waals surface area contributed by atoms with Crippen molar-refractivity contribution in [3.8, 4) is 5.69 Å². The number of benzene rings is 1. The molecule has 0 spiro atoms. The molecule has 0 aliphatic carbocycles. The number of ether oxygens (including phenoxy) is 1. The van der Waals surface area contributed by atoms with Crippen LogP contribution in [0.1, 0.15) is 33.7 Å². The minimum absolute atomic E-state index is 0.250. The van der Waals surface area contributed by atoms with Gasteiger partial charge in [0, 0.05) is 37.2 Å². The smallest absolute Gasteiger partial charge is 0.326 e. The van der Waals surface area contributed by atoms with Crippen LogP contribution in [0.3, 0.4) is 0 Å². The van der Waals surface area contributed by atoms with Crippen molar-refractivity contribution in [1.82, 2.24) is 9.47 Å². The number of rotatable bonds is 4. The maximum atomic E-state index is 13.1. The van der Waals surface area contributed by atoms with Crippen molar-refractivity contribution in [2.75, 3.05) is 13.7 Å². The monoisotopic (exact) mass is 356 g/mol. The van der Waals surface area contributed by atoms with E-state index in [1.165, 1.54) is 4.90 Å². The van der Waals surface area contributed by atoms with Crippen LogP contribution in [0.5, 0.6) is 0 Å². The number of aliphatic carboxylic acids is 1. The van der Waals surface area contributed by atoms with Crippen LogP contribution in [0, 0.1) is 20.8 Å². The molecule has 1 fully saturated rings.